The Hall–Kier alpha value is -0.0400. The second kappa shape index (κ2) is 2.23. The molecular weight excluding hydrogens is 124 g/mol. The fraction of sp³-hybridized carbons (Fsp3) is 1.00. The molecule has 1 aliphatic rings. The number of aliphatic hydroxyl groups is 1. The molecule has 1 heteroatoms. The summed E-state index contributed by atoms with van der Waals surface area (Å²) in [5, 5.41) is 9.23. The van der Waals surface area contributed by atoms with E-state index < -0.39 is 0 Å². The van der Waals surface area contributed by atoms with Crippen LogP contribution in [-0.4, -0.2) is 11.2 Å². The van der Waals surface area contributed by atoms with Gasteiger partial charge in [-0.15, -0.1) is 0 Å². The standard InChI is InChI=1S/C9H18O/c1-6(10)7-5-8(7)9(2,3)4/h6-8,10H,5H2,1-4H3/t6-,7-,8+/m1/s1. The molecule has 60 valence electrons. The van der Waals surface area contributed by atoms with E-state index in [2.05, 4.69) is 20.8 Å². The molecule has 0 unspecified atom stereocenters. The smallest absolute Gasteiger partial charge is 0.0543 e. The van der Waals surface area contributed by atoms with Crippen LogP contribution in [0, 0.1) is 17.3 Å². The van der Waals surface area contributed by atoms with Crippen LogP contribution in [0.3, 0.4) is 0 Å². The molecular formula is C9H18O. The summed E-state index contributed by atoms with van der Waals surface area (Å²) in [6.45, 7) is 8.65. The first-order valence-corrected chi connectivity index (χ1v) is 4.11. The fourth-order valence-corrected chi connectivity index (χ4v) is 1.74. The molecule has 0 aromatic carbocycles. The van der Waals surface area contributed by atoms with Crippen LogP contribution < -0.4 is 0 Å². The van der Waals surface area contributed by atoms with E-state index in [1.807, 2.05) is 6.92 Å². The van der Waals surface area contributed by atoms with E-state index in [-0.39, 0.29) is 6.10 Å². The molecule has 1 aliphatic carbocycles. The molecule has 0 aromatic heterocycles. The van der Waals surface area contributed by atoms with Gasteiger partial charge in [0.15, 0.2) is 0 Å². The summed E-state index contributed by atoms with van der Waals surface area (Å²) in [5.74, 6) is 1.34. The van der Waals surface area contributed by atoms with Gasteiger partial charge in [-0.3, -0.25) is 0 Å². The molecule has 3 atom stereocenters. The van der Waals surface area contributed by atoms with Gasteiger partial charge in [0.1, 0.15) is 0 Å². The Kier molecular flexibility index (Phi) is 1.80. The highest BCUT2D eigenvalue weighted by Crippen LogP contribution is 2.52. The molecule has 0 saturated heterocycles. The van der Waals surface area contributed by atoms with Crippen molar-refractivity contribution in [1.82, 2.24) is 0 Å². The van der Waals surface area contributed by atoms with Crippen LogP contribution in [-0.2, 0) is 0 Å². The number of hydrogen-bond donors (Lipinski definition) is 1. The first-order chi connectivity index (χ1) is 4.43. The zero-order valence-corrected chi connectivity index (χ0v) is 7.39. The molecule has 1 nitrogen and oxygen atoms in total. The van der Waals surface area contributed by atoms with Gasteiger partial charge in [0, 0.05) is 0 Å². The van der Waals surface area contributed by atoms with Gasteiger partial charge in [-0.1, -0.05) is 20.8 Å². The normalized spacial score (nSPS) is 35.7. The molecule has 1 N–H and O–H groups in total. The van der Waals surface area contributed by atoms with E-state index in [9.17, 15) is 5.11 Å². The Balaban J connectivity index is 2.39. The number of rotatable bonds is 1. The molecule has 0 bridgehead atoms. The molecule has 10 heavy (non-hydrogen) atoms. The quantitative estimate of drug-likeness (QED) is 0.594. The molecule has 0 aliphatic heterocycles. The summed E-state index contributed by atoms with van der Waals surface area (Å²) in [4.78, 5) is 0. The minimum Gasteiger partial charge on any atom is -0.393 e. The summed E-state index contributed by atoms with van der Waals surface area (Å²) >= 11 is 0. The van der Waals surface area contributed by atoms with Gasteiger partial charge in [0.05, 0.1) is 6.10 Å². The summed E-state index contributed by atoms with van der Waals surface area (Å²) in [6, 6.07) is 0. The van der Waals surface area contributed by atoms with Crippen molar-refractivity contribution in [3.8, 4) is 0 Å². The lowest BCUT2D eigenvalue weighted by Gasteiger charge is -2.18. The minimum absolute atomic E-state index is 0.0933. The van der Waals surface area contributed by atoms with Gasteiger partial charge in [-0.05, 0) is 30.6 Å². The van der Waals surface area contributed by atoms with Crippen LogP contribution >= 0.6 is 0 Å². The van der Waals surface area contributed by atoms with Gasteiger partial charge in [-0.25, -0.2) is 0 Å². The zero-order valence-electron chi connectivity index (χ0n) is 7.39. The molecule has 0 radical (unpaired) electrons. The zero-order chi connectivity index (χ0) is 7.94. The van der Waals surface area contributed by atoms with E-state index >= 15 is 0 Å². The molecule has 0 aromatic rings. The minimum atomic E-state index is -0.0933. The second-order valence-corrected chi connectivity index (χ2v) is 4.61. The highest BCUT2D eigenvalue weighted by molar-refractivity contribution is 4.96. The van der Waals surface area contributed by atoms with Crippen molar-refractivity contribution >= 4 is 0 Å². The Bertz CT molecular complexity index is 121. The Morgan fingerprint density at radius 3 is 2.00 bits per heavy atom. The van der Waals surface area contributed by atoms with Gasteiger partial charge < -0.3 is 5.11 Å². The first kappa shape index (κ1) is 8.06. The van der Waals surface area contributed by atoms with Crippen molar-refractivity contribution in [2.75, 3.05) is 0 Å². The molecule has 0 heterocycles. The Morgan fingerprint density at radius 2 is 1.90 bits per heavy atom. The first-order valence-electron chi connectivity index (χ1n) is 4.11. The maximum absolute atomic E-state index is 9.23. The summed E-state index contributed by atoms with van der Waals surface area (Å²) in [6.07, 6.45) is 1.13. The van der Waals surface area contributed by atoms with Crippen LogP contribution in [0.4, 0.5) is 0 Å². The van der Waals surface area contributed by atoms with Gasteiger partial charge in [-0.2, -0.15) is 0 Å². The molecule has 1 rings (SSSR count). The van der Waals surface area contributed by atoms with E-state index in [1.165, 1.54) is 6.42 Å². The summed E-state index contributed by atoms with van der Waals surface area (Å²) < 4.78 is 0. The van der Waals surface area contributed by atoms with Crippen LogP contribution in [0.5, 0.6) is 0 Å². The highest BCUT2D eigenvalue weighted by Gasteiger charge is 2.47. The topological polar surface area (TPSA) is 20.2 Å². The lowest BCUT2D eigenvalue weighted by molar-refractivity contribution is 0.149. The lowest BCUT2D eigenvalue weighted by atomic mass is 9.88. The van der Waals surface area contributed by atoms with Gasteiger partial charge in [0.2, 0.25) is 0 Å². The third-order valence-corrected chi connectivity index (χ3v) is 2.57. The van der Waals surface area contributed by atoms with Crippen molar-refractivity contribution in [3.05, 3.63) is 0 Å². The Labute approximate surface area is 63.4 Å². The maximum Gasteiger partial charge on any atom is 0.0543 e. The average molecular weight is 142 g/mol. The Morgan fingerprint density at radius 1 is 1.40 bits per heavy atom. The molecule has 1 fully saturated rings. The average Bonchev–Trinajstić information content (AvgIpc) is 2.35. The largest absolute Gasteiger partial charge is 0.393 e. The van der Waals surface area contributed by atoms with Crippen LogP contribution in [0.15, 0.2) is 0 Å². The van der Waals surface area contributed by atoms with Crippen LogP contribution in [0.2, 0.25) is 0 Å². The SMILES string of the molecule is C[C@@H](O)[C@H]1C[C@@H]1C(C)(C)C. The molecule has 1 saturated carbocycles. The van der Waals surface area contributed by atoms with E-state index in [4.69, 9.17) is 0 Å². The van der Waals surface area contributed by atoms with E-state index in [1.54, 1.807) is 0 Å². The third-order valence-electron chi connectivity index (χ3n) is 2.57. The van der Waals surface area contributed by atoms with Crippen molar-refractivity contribution < 1.29 is 5.11 Å². The molecule has 0 spiro atoms. The van der Waals surface area contributed by atoms with Crippen LogP contribution in [0.25, 0.3) is 0 Å². The highest BCUT2D eigenvalue weighted by atomic mass is 16.3. The van der Waals surface area contributed by atoms with Crippen molar-refractivity contribution in [3.63, 3.8) is 0 Å². The van der Waals surface area contributed by atoms with Crippen molar-refractivity contribution in [2.24, 2.45) is 17.3 Å². The number of aliphatic hydroxyl groups excluding tert-OH is 1. The van der Waals surface area contributed by atoms with Crippen LogP contribution in [0.1, 0.15) is 34.1 Å². The second-order valence-electron chi connectivity index (χ2n) is 4.61. The third kappa shape index (κ3) is 1.51. The monoisotopic (exact) mass is 142 g/mol. The van der Waals surface area contributed by atoms with Gasteiger partial charge in [0.25, 0.3) is 0 Å². The predicted octanol–water partition coefficient (Wildman–Crippen LogP) is 2.05. The molecule has 0 amide bonds. The van der Waals surface area contributed by atoms with E-state index in [0.29, 0.717) is 11.3 Å². The van der Waals surface area contributed by atoms with E-state index in [0.717, 1.165) is 5.92 Å². The van der Waals surface area contributed by atoms with Crippen molar-refractivity contribution in [2.45, 2.75) is 40.2 Å². The van der Waals surface area contributed by atoms with Gasteiger partial charge >= 0.3 is 0 Å². The summed E-state index contributed by atoms with van der Waals surface area (Å²) in [7, 11) is 0. The maximum atomic E-state index is 9.23. The number of hydrogen-bond acceptors (Lipinski definition) is 1. The predicted molar refractivity (Wildman–Crippen MR) is 42.7 cm³/mol. The lowest BCUT2D eigenvalue weighted by Crippen LogP contribution is -2.14. The van der Waals surface area contributed by atoms with Crippen molar-refractivity contribution in [1.29, 1.82) is 0 Å². The summed E-state index contributed by atoms with van der Waals surface area (Å²) in [5.41, 5.74) is 0.404. The fourth-order valence-electron chi connectivity index (χ4n) is 1.74.